The van der Waals surface area contributed by atoms with Crippen LogP contribution in [0.15, 0.2) is 30.6 Å². The molecule has 0 saturated carbocycles. The van der Waals surface area contributed by atoms with E-state index in [1.165, 1.54) is 5.52 Å². The van der Waals surface area contributed by atoms with Crippen LogP contribution in [0.5, 0.6) is 0 Å². The van der Waals surface area contributed by atoms with Crippen LogP contribution in [0.25, 0.3) is 11.0 Å². The number of β-amino-alcohol motifs (C(OH)–C–C–N with tert-alkyl or cyclic N) is 1. The molecule has 2 aliphatic rings. The molecule has 3 heterocycles. The van der Waals surface area contributed by atoms with Crippen molar-refractivity contribution in [3.8, 4) is 0 Å². The Bertz CT molecular complexity index is 764. The zero-order chi connectivity index (χ0) is 17.4. The molecule has 25 heavy (non-hydrogen) atoms. The Hall–Kier alpha value is -1.92. The highest BCUT2D eigenvalue weighted by atomic mass is 16.3. The number of aromatic nitrogens is 2. The summed E-state index contributed by atoms with van der Waals surface area (Å²) in [6, 6.07) is 8.19. The number of para-hydroxylation sites is 2. The molecule has 0 bridgehead atoms. The van der Waals surface area contributed by atoms with Crippen LogP contribution in [-0.4, -0.2) is 69.7 Å². The first-order valence-electron chi connectivity index (χ1n) is 9.13. The van der Waals surface area contributed by atoms with E-state index in [9.17, 15) is 9.90 Å². The second-order valence-electron chi connectivity index (χ2n) is 7.59. The maximum absolute atomic E-state index is 12.6. The van der Waals surface area contributed by atoms with E-state index >= 15 is 0 Å². The summed E-state index contributed by atoms with van der Waals surface area (Å²) >= 11 is 0. The maximum atomic E-state index is 12.6. The van der Waals surface area contributed by atoms with Crippen LogP contribution in [0, 0.1) is 5.41 Å². The van der Waals surface area contributed by atoms with Crippen molar-refractivity contribution in [1.29, 1.82) is 0 Å². The summed E-state index contributed by atoms with van der Waals surface area (Å²) < 4.78 is 2.20. The fourth-order valence-corrected chi connectivity index (χ4v) is 4.47. The Labute approximate surface area is 148 Å². The van der Waals surface area contributed by atoms with E-state index in [4.69, 9.17) is 0 Å². The van der Waals surface area contributed by atoms with Gasteiger partial charge in [0, 0.05) is 26.7 Å². The van der Waals surface area contributed by atoms with E-state index in [0.717, 1.165) is 44.5 Å². The second kappa shape index (κ2) is 6.42. The fourth-order valence-electron chi connectivity index (χ4n) is 4.47. The third-order valence-corrected chi connectivity index (χ3v) is 5.91. The number of aliphatic hydroxyl groups excluding tert-OH is 1. The lowest BCUT2D eigenvalue weighted by Gasteiger charge is -2.47. The smallest absolute Gasteiger partial charge is 0.228 e. The number of imidazole rings is 1. The van der Waals surface area contributed by atoms with Gasteiger partial charge in [-0.2, -0.15) is 0 Å². The summed E-state index contributed by atoms with van der Waals surface area (Å²) in [5, 5.41) is 10.1. The van der Waals surface area contributed by atoms with E-state index in [1.807, 2.05) is 31.6 Å². The number of nitrogens with zero attached hydrogens (tertiary/aromatic N) is 4. The topological polar surface area (TPSA) is 61.6 Å². The molecule has 1 spiro atoms. The lowest BCUT2D eigenvalue weighted by molar-refractivity contribution is -0.154. The van der Waals surface area contributed by atoms with Gasteiger partial charge in [0.15, 0.2) is 0 Å². The van der Waals surface area contributed by atoms with Gasteiger partial charge in [-0.25, -0.2) is 4.98 Å². The van der Waals surface area contributed by atoms with Gasteiger partial charge in [0.05, 0.1) is 28.9 Å². The number of rotatable bonds is 3. The van der Waals surface area contributed by atoms with Crippen molar-refractivity contribution >= 4 is 16.9 Å². The molecule has 2 saturated heterocycles. The van der Waals surface area contributed by atoms with Crippen LogP contribution in [0.3, 0.4) is 0 Å². The van der Waals surface area contributed by atoms with Crippen LogP contribution in [0.4, 0.5) is 0 Å². The van der Waals surface area contributed by atoms with Gasteiger partial charge in [-0.3, -0.25) is 4.79 Å². The molecular weight excluding hydrogens is 316 g/mol. The molecule has 1 unspecified atom stereocenters. The standard InChI is InChI=1S/C19H26N4O2/c1-21-13-15(24)12-19(18(21)25)6-8-22(9-7-19)10-11-23-14-20-16-4-2-3-5-17(16)23/h2-5,14-15,24H,6-13H2,1H3. The first kappa shape index (κ1) is 16.5. The Kier molecular flexibility index (Phi) is 4.25. The highest BCUT2D eigenvalue weighted by molar-refractivity contribution is 5.83. The number of carbonyl (C=O) groups is 1. The molecule has 2 aromatic rings. The summed E-state index contributed by atoms with van der Waals surface area (Å²) in [7, 11) is 1.81. The van der Waals surface area contributed by atoms with Gasteiger partial charge in [-0.15, -0.1) is 0 Å². The first-order valence-corrected chi connectivity index (χ1v) is 9.13. The molecule has 1 amide bonds. The van der Waals surface area contributed by atoms with Crippen molar-refractivity contribution in [2.75, 3.05) is 33.2 Å². The van der Waals surface area contributed by atoms with E-state index in [0.29, 0.717) is 13.0 Å². The van der Waals surface area contributed by atoms with Crippen molar-refractivity contribution in [1.82, 2.24) is 19.4 Å². The zero-order valence-electron chi connectivity index (χ0n) is 14.8. The van der Waals surface area contributed by atoms with Gasteiger partial charge in [0.2, 0.25) is 5.91 Å². The molecule has 134 valence electrons. The monoisotopic (exact) mass is 342 g/mol. The van der Waals surface area contributed by atoms with Crippen LogP contribution in [0.2, 0.25) is 0 Å². The van der Waals surface area contributed by atoms with Gasteiger partial charge in [0.25, 0.3) is 0 Å². The molecule has 2 fully saturated rings. The SMILES string of the molecule is CN1CC(O)CC2(CCN(CCn3cnc4ccccc43)CC2)C1=O. The van der Waals surface area contributed by atoms with Gasteiger partial charge in [0.1, 0.15) is 0 Å². The molecule has 6 heteroatoms. The Balaban J connectivity index is 1.37. The highest BCUT2D eigenvalue weighted by Gasteiger charge is 2.47. The summed E-state index contributed by atoms with van der Waals surface area (Å²) in [5.74, 6) is 0.220. The lowest BCUT2D eigenvalue weighted by Crippen LogP contribution is -2.56. The molecule has 1 aromatic carbocycles. The van der Waals surface area contributed by atoms with E-state index in [-0.39, 0.29) is 17.4 Å². The number of likely N-dealkylation sites (tertiary alicyclic amines) is 2. The van der Waals surface area contributed by atoms with E-state index in [1.54, 1.807) is 4.90 Å². The van der Waals surface area contributed by atoms with Gasteiger partial charge in [-0.05, 0) is 44.5 Å². The normalized spacial score (nSPS) is 24.3. The Morgan fingerprint density at radius 1 is 1.24 bits per heavy atom. The van der Waals surface area contributed by atoms with E-state index in [2.05, 4.69) is 20.5 Å². The third-order valence-electron chi connectivity index (χ3n) is 5.91. The molecule has 6 nitrogen and oxygen atoms in total. The molecule has 0 aliphatic carbocycles. The molecule has 4 rings (SSSR count). The Morgan fingerprint density at radius 3 is 2.80 bits per heavy atom. The average molecular weight is 342 g/mol. The number of likely N-dealkylation sites (N-methyl/N-ethyl adjacent to an activating group) is 1. The number of benzene rings is 1. The van der Waals surface area contributed by atoms with Crippen LogP contribution >= 0.6 is 0 Å². The summed E-state index contributed by atoms with van der Waals surface area (Å²) in [4.78, 5) is 21.2. The largest absolute Gasteiger partial charge is 0.391 e. The van der Waals surface area contributed by atoms with Crippen molar-refractivity contribution in [3.05, 3.63) is 30.6 Å². The first-order chi connectivity index (χ1) is 12.1. The molecular formula is C19H26N4O2. The quantitative estimate of drug-likeness (QED) is 0.914. The van der Waals surface area contributed by atoms with Crippen LogP contribution in [-0.2, 0) is 11.3 Å². The van der Waals surface area contributed by atoms with Crippen LogP contribution in [0.1, 0.15) is 19.3 Å². The molecule has 0 radical (unpaired) electrons. The lowest BCUT2D eigenvalue weighted by atomic mass is 9.71. The number of amides is 1. The molecule has 1 N–H and O–H groups in total. The fraction of sp³-hybridized carbons (Fsp3) is 0.579. The third kappa shape index (κ3) is 3.04. The Morgan fingerprint density at radius 2 is 2.00 bits per heavy atom. The summed E-state index contributed by atoms with van der Waals surface area (Å²) in [6.45, 7) is 4.17. The van der Waals surface area contributed by atoms with Crippen molar-refractivity contribution in [2.24, 2.45) is 5.41 Å². The number of piperidine rings is 2. The van der Waals surface area contributed by atoms with Crippen molar-refractivity contribution in [3.63, 3.8) is 0 Å². The average Bonchev–Trinajstić information content (AvgIpc) is 3.02. The number of aliphatic hydroxyl groups is 1. The number of carbonyl (C=O) groups excluding carboxylic acids is 1. The highest BCUT2D eigenvalue weighted by Crippen LogP contribution is 2.40. The second-order valence-corrected chi connectivity index (χ2v) is 7.59. The number of hydrogen-bond donors (Lipinski definition) is 1. The van der Waals surface area contributed by atoms with E-state index < -0.39 is 0 Å². The van der Waals surface area contributed by atoms with Crippen molar-refractivity contribution < 1.29 is 9.90 Å². The zero-order valence-corrected chi connectivity index (χ0v) is 14.8. The summed E-state index contributed by atoms with van der Waals surface area (Å²) in [5.41, 5.74) is 1.86. The minimum absolute atomic E-state index is 0.220. The minimum Gasteiger partial charge on any atom is -0.391 e. The van der Waals surface area contributed by atoms with Gasteiger partial charge in [-0.1, -0.05) is 12.1 Å². The van der Waals surface area contributed by atoms with Crippen LogP contribution < -0.4 is 0 Å². The number of fused-ring (bicyclic) bond motifs is 1. The maximum Gasteiger partial charge on any atom is 0.228 e. The molecule has 1 atom stereocenters. The number of hydrogen-bond acceptors (Lipinski definition) is 4. The molecule has 2 aliphatic heterocycles. The minimum atomic E-state index is -0.383. The summed E-state index contributed by atoms with van der Waals surface area (Å²) in [6.07, 6.45) is 3.84. The molecule has 1 aromatic heterocycles. The predicted octanol–water partition coefficient (Wildman–Crippen LogP) is 1.34. The van der Waals surface area contributed by atoms with Crippen molar-refractivity contribution in [2.45, 2.75) is 31.9 Å². The van der Waals surface area contributed by atoms with Gasteiger partial charge >= 0.3 is 0 Å². The predicted molar refractivity (Wildman–Crippen MR) is 96.1 cm³/mol. The van der Waals surface area contributed by atoms with Gasteiger partial charge < -0.3 is 19.5 Å².